The first kappa shape index (κ1) is 11.7. The van der Waals surface area contributed by atoms with Gasteiger partial charge in [-0.1, -0.05) is 18.2 Å². The standard InChI is InChI=1S/C13H9F3O/c14-11-5-4-8(6-9(11)7-17)10-2-1-3-12(15)13(10)16/h1-6,17H,7H2. The van der Waals surface area contributed by atoms with Crippen LogP contribution in [0.25, 0.3) is 11.1 Å². The average molecular weight is 238 g/mol. The van der Waals surface area contributed by atoms with E-state index in [0.717, 1.165) is 12.1 Å². The normalized spacial score (nSPS) is 10.6. The van der Waals surface area contributed by atoms with Crippen LogP contribution in [0.2, 0.25) is 0 Å². The van der Waals surface area contributed by atoms with Gasteiger partial charge in [-0.15, -0.1) is 0 Å². The van der Waals surface area contributed by atoms with Crippen molar-refractivity contribution in [2.45, 2.75) is 6.61 Å². The maximum Gasteiger partial charge on any atom is 0.166 e. The summed E-state index contributed by atoms with van der Waals surface area (Å²) in [5.74, 6) is -2.52. The van der Waals surface area contributed by atoms with Crippen LogP contribution in [-0.4, -0.2) is 5.11 Å². The van der Waals surface area contributed by atoms with Crippen molar-refractivity contribution in [3.05, 3.63) is 59.4 Å². The molecule has 1 nitrogen and oxygen atoms in total. The van der Waals surface area contributed by atoms with Gasteiger partial charge in [-0.2, -0.15) is 0 Å². The summed E-state index contributed by atoms with van der Waals surface area (Å²) in [5, 5.41) is 8.91. The van der Waals surface area contributed by atoms with E-state index < -0.39 is 24.1 Å². The van der Waals surface area contributed by atoms with E-state index in [9.17, 15) is 13.2 Å². The van der Waals surface area contributed by atoms with E-state index in [0.29, 0.717) is 5.56 Å². The Kier molecular flexibility index (Phi) is 3.15. The number of halogens is 3. The summed E-state index contributed by atoms with van der Waals surface area (Å²) in [6, 6.07) is 7.53. The van der Waals surface area contributed by atoms with E-state index >= 15 is 0 Å². The lowest BCUT2D eigenvalue weighted by molar-refractivity contribution is 0.276. The van der Waals surface area contributed by atoms with Crippen LogP contribution in [0.4, 0.5) is 13.2 Å². The van der Waals surface area contributed by atoms with Gasteiger partial charge in [0.2, 0.25) is 0 Å². The molecule has 0 unspecified atom stereocenters. The largest absolute Gasteiger partial charge is 0.392 e. The molecule has 0 bridgehead atoms. The molecule has 0 aliphatic heterocycles. The summed E-state index contributed by atoms with van der Waals surface area (Å²) in [4.78, 5) is 0. The Hall–Kier alpha value is -1.81. The molecule has 0 amide bonds. The van der Waals surface area contributed by atoms with Gasteiger partial charge >= 0.3 is 0 Å². The van der Waals surface area contributed by atoms with Crippen LogP contribution >= 0.6 is 0 Å². The van der Waals surface area contributed by atoms with Gasteiger partial charge in [0.15, 0.2) is 11.6 Å². The van der Waals surface area contributed by atoms with Gasteiger partial charge < -0.3 is 5.11 Å². The number of hydrogen-bond acceptors (Lipinski definition) is 1. The number of hydrogen-bond donors (Lipinski definition) is 1. The van der Waals surface area contributed by atoms with Gasteiger partial charge in [-0.05, 0) is 23.8 Å². The third kappa shape index (κ3) is 2.17. The van der Waals surface area contributed by atoms with E-state index in [2.05, 4.69) is 0 Å². The molecule has 0 saturated carbocycles. The van der Waals surface area contributed by atoms with Gasteiger partial charge in [0.05, 0.1) is 6.61 Å². The van der Waals surface area contributed by atoms with Crippen LogP contribution in [0.3, 0.4) is 0 Å². The third-order valence-electron chi connectivity index (χ3n) is 2.48. The first-order valence-electron chi connectivity index (χ1n) is 4.97. The second-order valence-corrected chi connectivity index (χ2v) is 3.57. The first-order chi connectivity index (χ1) is 8.13. The molecule has 0 aliphatic rings. The molecule has 2 rings (SSSR count). The maximum atomic E-state index is 13.5. The summed E-state index contributed by atoms with van der Waals surface area (Å²) in [5.41, 5.74) is 0.415. The molecular formula is C13H9F3O. The van der Waals surface area contributed by atoms with Gasteiger partial charge in [-0.3, -0.25) is 0 Å². The molecule has 88 valence electrons. The van der Waals surface area contributed by atoms with Crippen LogP contribution in [0.15, 0.2) is 36.4 Å². The summed E-state index contributed by atoms with van der Waals surface area (Å²) < 4.78 is 39.7. The SMILES string of the molecule is OCc1cc(-c2cccc(F)c2F)ccc1F. The molecular weight excluding hydrogens is 229 g/mol. The van der Waals surface area contributed by atoms with E-state index in [-0.39, 0.29) is 11.1 Å². The smallest absolute Gasteiger partial charge is 0.166 e. The van der Waals surface area contributed by atoms with Gasteiger partial charge in [0.25, 0.3) is 0 Å². The Labute approximate surface area is 96.1 Å². The van der Waals surface area contributed by atoms with Crippen molar-refractivity contribution in [2.24, 2.45) is 0 Å². The van der Waals surface area contributed by atoms with Crippen LogP contribution in [0.5, 0.6) is 0 Å². The first-order valence-corrected chi connectivity index (χ1v) is 4.97. The fraction of sp³-hybridized carbons (Fsp3) is 0.0769. The fourth-order valence-electron chi connectivity index (χ4n) is 1.59. The van der Waals surface area contributed by atoms with E-state index in [4.69, 9.17) is 5.11 Å². The quantitative estimate of drug-likeness (QED) is 0.851. The highest BCUT2D eigenvalue weighted by atomic mass is 19.2. The third-order valence-corrected chi connectivity index (χ3v) is 2.48. The highest BCUT2D eigenvalue weighted by Gasteiger charge is 2.11. The monoisotopic (exact) mass is 238 g/mol. The molecule has 0 aliphatic carbocycles. The van der Waals surface area contributed by atoms with Crippen molar-refractivity contribution < 1.29 is 18.3 Å². The van der Waals surface area contributed by atoms with Gasteiger partial charge in [-0.25, -0.2) is 13.2 Å². The topological polar surface area (TPSA) is 20.2 Å². The second kappa shape index (κ2) is 4.59. The number of aliphatic hydroxyl groups excluding tert-OH is 1. The van der Waals surface area contributed by atoms with Crippen molar-refractivity contribution in [1.82, 2.24) is 0 Å². The molecule has 0 radical (unpaired) electrons. The fourth-order valence-corrected chi connectivity index (χ4v) is 1.59. The van der Waals surface area contributed by atoms with Crippen molar-refractivity contribution in [3.8, 4) is 11.1 Å². The Morgan fingerprint density at radius 3 is 2.41 bits per heavy atom. The summed E-state index contributed by atoms with van der Waals surface area (Å²) >= 11 is 0. The maximum absolute atomic E-state index is 13.5. The van der Waals surface area contributed by atoms with Crippen LogP contribution in [0.1, 0.15) is 5.56 Å². The summed E-state index contributed by atoms with van der Waals surface area (Å²) in [6.07, 6.45) is 0. The number of aliphatic hydroxyl groups is 1. The minimum atomic E-state index is -0.983. The molecule has 0 saturated heterocycles. The Morgan fingerprint density at radius 2 is 1.71 bits per heavy atom. The van der Waals surface area contributed by atoms with E-state index in [1.165, 1.54) is 24.3 Å². The van der Waals surface area contributed by atoms with Gasteiger partial charge in [0.1, 0.15) is 5.82 Å². The molecule has 0 atom stereocenters. The summed E-state index contributed by atoms with van der Waals surface area (Å²) in [6.45, 7) is -0.489. The van der Waals surface area contributed by atoms with Crippen molar-refractivity contribution >= 4 is 0 Å². The number of benzene rings is 2. The lowest BCUT2D eigenvalue weighted by Gasteiger charge is -2.06. The highest BCUT2D eigenvalue weighted by Crippen LogP contribution is 2.26. The molecule has 17 heavy (non-hydrogen) atoms. The van der Waals surface area contributed by atoms with Gasteiger partial charge in [0, 0.05) is 11.1 Å². The Bertz CT molecular complexity index is 552. The minimum absolute atomic E-state index is 0.0414. The molecule has 1 N–H and O–H groups in total. The molecule has 0 heterocycles. The predicted octanol–water partition coefficient (Wildman–Crippen LogP) is 3.26. The van der Waals surface area contributed by atoms with Crippen molar-refractivity contribution in [3.63, 3.8) is 0 Å². The zero-order chi connectivity index (χ0) is 12.4. The van der Waals surface area contributed by atoms with E-state index in [1.54, 1.807) is 0 Å². The lowest BCUT2D eigenvalue weighted by atomic mass is 10.0. The van der Waals surface area contributed by atoms with Crippen molar-refractivity contribution in [1.29, 1.82) is 0 Å². The number of rotatable bonds is 2. The predicted molar refractivity (Wildman–Crippen MR) is 57.7 cm³/mol. The molecule has 2 aromatic rings. The zero-order valence-electron chi connectivity index (χ0n) is 8.75. The highest BCUT2D eigenvalue weighted by molar-refractivity contribution is 5.65. The van der Waals surface area contributed by atoms with Crippen LogP contribution in [-0.2, 0) is 6.61 Å². The molecule has 0 aromatic heterocycles. The lowest BCUT2D eigenvalue weighted by Crippen LogP contribution is -1.93. The second-order valence-electron chi connectivity index (χ2n) is 3.57. The van der Waals surface area contributed by atoms with Crippen LogP contribution in [0, 0.1) is 17.5 Å². The van der Waals surface area contributed by atoms with E-state index in [1.807, 2.05) is 0 Å². The average Bonchev–Trinajstić information content (AvgIpc) is 2.34. The van der Waals surface area contributed by atoms with Crippen LogP contribution < -0.4 is 0 Å². The summed E-state index contributed by atoms with van der Waals surface area (Å²) in [7, 11) is 0. The molecule has 0 spiro atoms. The molecule has 0 fully saturated rings. The molecule has 2 aromatic carbocycles. The molecule has 4 heteroatoms. The van der Waals surface area contributed by atoms with Crippen molar-refractivity contribution in [2.75, 3.05) is 0 Å². The minimum Gasteiger partial charge on any atom is -0.392 e. The zero-order valence-corrected chi connectivity index (χ0v) is 8.75. The Morgan fingerprint density at radius 1 is 0.941 bits per heavy atom. The Balaban J connectivity index is 2.57.